The van der Waals surface area contributed by atoms with Gasteiger partial charge in [0.05, 0.1) is 12.2 Å². The van der Waals surface area contributed by atoms with Gasteiger partial charge in [0.25, 0.3) is 0 Å². The summed E-state index contributed by atoms with van der Waals surface area (Å²) in [6.45, 7) is 2.02. The number of carbonyl (C=O) groups excluding carboxylic acids is 1. The highest BCUT2D eigenvalue weighted by atomic mass is 79.9. The van der Waals surface area contributed by atoms with Gasteiger partial charge in [-0.3, -0.25) is 4.79 Å². The monoisotopic (exact) mass is 384 g/mol. The summed E-state index contributed by atoms with van der Waals surface area (Å²) >= 11 is 9.01. The minimum atomic E-state index is -0.478. The Morgan fingerprint density at radius 3 is 2.59 bits per heavy atom. The number of amides is 1. The minimum absolute atomic E-state index is 0.0159. The number of anilines is 1. The van der Waals surface area contributed by atoms with Gasteiger partial charge in [0.1, 0.15) is 5.82 Å². The van der Waals surface area contributed by atoms with Crippen LogP contribution in [-0.2, 0) is 4.79 Å². The molecular weight excluding hydrogens is 371 g/mol. The molecule has 0 spiro atoms. The fourth-order valence-electron chi connectivity index (χ4n) is 1.90. The molecule has 0 saturated heterocycles. The number of nitrogens with one attached hydrogen (secondary N) is 2. The van der Waals surface area contributed by atoms with Gasteiger partial charge in [-0.05, 0) is 42.8 Å². The predicted molar refractivity (Wildman–Crippen MR) is 90.6 cm³/mol. The Kier molecular flexibility index (Phi) is 5.94. The van der Waals surface area contributed by atoms with E-state index < -0.39 is 5.82 Å². The molecular formula is C16H15BrClFN2O. The van der Waals surface area contributed by atoms with Gasteiger partial charge in [-0.25, -0.2) is 4.39 Å². The van der Waals surface area contributed by atoms with E-state index in [9.17, 15) is 9.18 Å². The van der Waals surface area contributed by atoms with Crippen LogP contribution in [0.2, 0.25) is 5.02 Å². The van der Waals surface area contributed by atoms with Crippen LogP contribution in [0, 0.1) is 5.82 Å². The van der Waals surface area contributed by atoms with Gasteiger partial charge < -0.3 is 10.6 Å². The smallest absolute Gasteiger partial charge is 0.238 e. The SMILES string of the molecule is C[C@@H](NCC(=O)Nc1ccc(Br)cc1F)c1ccc(Cl)cc1. The lowest BCUT2D eigenvalue weighted by atomic mass is 10.1. The summed E-state index contributed by atoms with van der Waals surface area (Å²) in [4.78, 5) is 11.9. The summed E-state index contributed by atoms with van der Waals surface area (Å²) < 4.78 is 14.3. The minimum Gasteiger partial charge on any atom is -0.322 e. The van der Waals surface area contributed by atoms with Crippen LogP contribution in [0.1, 0.15) is 18.5 Å². The van der Waals surface area contributed by atoms with Crippen molar-refractivity contribution >= 4 is 39.1 Å². The maximum Gasteiger partial charge on any atom is 0.238 e. The first-order valence-electron chi connectivity index (χ1n) is 6.69. The highest BCUT2D eigenvalue weighted by Crippen LogP contribution is 2.19. The fourth-order valence-corrected chi connectivity index (χ4v) is 2.36. The maximum atomic E-state index is 13.6. The Balaban J connectivity index is 1.88. The molecule has 0 aliphatic heterocycles. The summed E-state index contributed by atoms with van der Waals surface area (Å²) in [7, 11) is 0. The van der Waals surface area contributed by atoms with Crippen molar-refractivity contribution in [3.8, 4) is 0 Å². The maximum absolute atomic E-state index is 13.6. The third-order valence-electron chi connectivity index (χ3n) is 3.14. The molecule has 22 heavy (non-hydrogen) atoms. The van der Waals surface area contributed by atoms with Crippen LogP contribution >= 0.6 is 27.5 Å². The first kappa shape index (κ1) is 16.9. The summed E-state index contributed by atoms with van der Waals surface area (Å²) in [5.41, 5.74) is 1.18. The highest BCUT2D eigenvalue weighted by Gasteiger charge is 2.10. The average Bonchev–Trinajstić information content (AvgIpc) is 2.48. The molecule has 2 rings (SSSR count). The largest absolute Gasteiger partial charge is 0.322 e. The highest BCUT2D eigenvalue weighted by molar-refractivity contribution is 9.10. The van der Waals surface area contributed by atoms with Crippen LogP contribution in [0.5, 0.6) is 0 Å². The van der Waals surface area contributed by atoms with Crippen molar-refractivity contribution in [2.45, 2.75) is 13.0 Å². The van der Waals surface area contributed by atoms with Crippen LogP contribution in [0.15, 0.2) is 46.9 Å². The second-order valence-corrected chi connectivity index (χ2v) is 6.18. The molecule has 2 N–H and O–H groups in total. The van der Waals surface area contributed by atoms with Crippen molar-refractivity contribution < 1.29 is 9.18 Å². The zero-order chi connectivity index (χ0) is 16.1. The Morgan fingerprint density at radius 1 is 1.27 bits per heavy atom. The van der Waals surface area contributed by atoms with E-state index in [1.54, 1.807) is 18.2 Å². The third-order valence-corrected chi connectivity index (χ3v) is 3.89. The lowest BCUT2D eigenvalue weighted by Crippen LogP contribution is -2.30. The number of hydrogen-bond acceptors (Lipinski definition) is 2. The molecule has 0 unspecified atom stereocenters. The van der Waals surface area contributed by atoms with E-state index >= 15 is 0 Å². The van der Waals surface area contributed by atoms with Crippen LogP contribution in [0.4, 0.5) is 10.1 Å². The average molecular weight is 386 g/mol. The molecule has 0 saturated carbocycles. The lowest BCUT2D eigenvalue weighted by Gasteiger charge is -2.14. The zero-order valence-corrected chi connectivity index (χ0v) is 14.2. The fraction of sp³-hybridized carbons (Fsp3) is 0.188. The molecule has 116 valence electrons. The second kappa shape index (κ2) is 7.72. The summed E-state index contributed by atoms with van der Waals surface area (Å²) in [6, 6.07) is 11.9. The van der Waals surface area contributed by atoms with Gasteiger partial charge in [0.15, 0.2) is 0 Å². The number of benzene rings is 2. The molecule has 0 aliphatic carbocycles. The van der Waals surface area contributed by atoms with E-state index in [-0.39, 0.29) is 24.2 Å². The molecule has 0 heterocycles. The summed E-state index contributed by atoms with van der Waals surface area (Å²) in [5, 5.41) is 6.28. The van der Waals surface area contributed by atoms with E-state index in [1.807, 2.05) is 19.1 Å². The standard InChI is InChI=1S/C16H15BrClFN2O/c1-10(11-2-5-13(18)6-3-11)20-9-16(22)21-15-7-4-12(17)8-14(15)19/h2-8,10,20H,9H2,1H3,(H,21,22)/t10-/m1/s1. The molecule has 0 aliphatic rings. The Bertz CT molecular complexity index is 664. The van der Waals surface area contributed by atoms with Crippen LogP contribution in [-0.4, -0.2) is 12.5 Å². The van der Waals surface area contributed by atoms with E-state index in [4.69, 9.17) is 11.6 Å². The summed E-state index contributed by atoms with van der Waals surface area (Å²) in [6.07, 6.45) is 0. The number of hydrogen-bond donors (Lipinski definition) is 2. The molecule has 1 amide bonds. The Morgan fingerprint density at radius 2 is 1.95 bits per heavy atom. The van der Waals surface area contributed by atoms with Gasteiger partial charge in [-0.15, -0.1) is 0 Å². The van der Waals surface area contributed by atoms with Gasteiger partial charge in [0.2, 0.25) is 5.91 Å². The van der Waals surface area contributed by atoms with E-state index in [0.717, 1.165) is 5.56 Å². The summed E-state index contributed by atoms with van der Waals surface area (Å²) in [5.74, 6) is -0.782. The molecule has 6 heteroatoms. The number of carbonyl (C=O) groups is 1. The van der Waals surface area contributed by atoms with Crippen molar-refractivity contribution in [3.63, 3.8) is 0 Å². The van der Waals surface area contributed by atoms with Crippen molar-refractivity contribution in [1.82, 2.24) is 5.32 Å². The molecule has 2 aromatic carbocycles. The predicted octanol–water partition coefficient (Wildman–Crippen LogP) is 4.53. The van der Waals surface area contributed by atoms with E-state index in [0.29, 0.717) is 9.50 Å². The van der Waals surface area contributed by atoms with Crippen LogP contribution in [0.25, 0.3) is 0 Å². The lowest BCUT2D eigenvalue weighted by molar-refractivity contribution is -0.115. The first-order valence-corrected chi connectivity index (χ1v) is 7.86. The molecule has 0 fully saturated rings. The second-order valence-electron chi connectivity index (χ2n) is 4.83. The molecule has 2 aromatic rings. The van der Waals surface area contributed by atoms with Crippen LogP contribution < -0.4 is 10.6 Å². The number of halogens is 3. The zero-order valence-electron chi connectivity index (χ0n) is 11.9. The van der Waals surface area contributed by atoms with Crippen LogP contribution in [0.3, 0.4) is 0 Å². The molecule has 3 nitrogen and oxygen atoms in total. The van der Waals surface area contributed by atoms with Crippen molar-refractivity contribution in [2.24, 2.45) is 0 Å². The van der Waals surface area contributed by atoms with Crippen molar-refractivity contribution in [1.29, 1.82) is 0 Å². The Labute approximate surface area is 142 Å². The molecule has 1 atom stereocenters. The van der Waals surface area contributed by atoms with Gasteiger partial charge in [0, 0.05) is 15.5 Å². The molecule has 0 aromatic heterocycles. The molecule has 0 radical (unpaired) electrons. The Hall–Kier alpha value is -1.43. The van der Waals surface area contributed by atoms with E-state index in [1.165, 1.54) is 12.1 Å². The van der Waals surface area contributed by atoms with Crippen molar-refractivity contribution in [3.05, 3.63) is 63.3 Å². The van der Waals surface area contributed by atoms with Gasteiger partial charge in [-0.2, -0.15) is 0 Å². The van der Waals surface area contributed by atoms with Gasteiger partial charge >= 0.3 is 0 Å². The first-order chi connectivity index (χ1) is 10.5. The quantitative estimate of drug-likeness (QED) is 0.794. The topological polar surface area (TPSA) is 41.1 Å². The van der Waals surface area contributed by atoms with E-state index in [2.05, 4.69) is 26.6 Å². The van der Waals surface area contributed by atoms with Crippen molar-refractivity contribution in [2.75, 3.05) is 11.9 Å². The normalized spacial score (nSPS) is 12.0. The molecule has 0 bridgehead atoms. The number of rotatable bonds is 5. The third kappa shape index (κ3) is 4.80. The van der Waals surface area contributed by atoms with Gasteiger partial charge in [-0.1, -0.05) is 39.7 Å².